The number of nitrogens with zero attached hydrogens (tertiary/aromatic N) is 4. The largest absolute Gasteiger partial charge is 0.478 e. The summed E-state index contributed by atoms with van der Waals surface area (Å²) < 4.78 is 32.2. The number of carboxylic acids is 1. The van der Waals surface area contributed by atoms with Crippen molar-refractivity contribution < 1.29 is 23.8 Å². The highest BCUT2D eigenvalue weighted by Gasteiger charge is 2.24. The molecule has 2 aromatic carbocycles. The average molecular weight is 569 g/mol. The standard InChI is InChI=1S/C28H26ClFN4O4S/c29-20-3-1-19(23(30)12-20)15-38-27-22(16-39-32-27)17-5-8-33(9-6-17)14-26-31-24-4-2-18(28(35)36)11-25(24)34(26)13-21-7-10-37-21/h1-5,11-12,16,21H,6-10,13-15H2,(H,35,36)/t21-/m0/s1. The second-order valence-corrected chi connectivity index (χ2v) is 10.8. The molecule has 4 aromatic rings. The van der Waals surface area contributed by atoms with Crippen LogP contribution in [0.4, 0.5) is 4.39 Å². The number of ether oxygens (including phenoxy) is 2. The van der Waals surface area contributed by atoms with E-state index in [2.05, 4.69) is 19.9 Å². The molecule has 2 aliphatic heterocycles. The number of hydrogen-bond acceptors (Lipinski definition) is 7. The van der Waals surface area contributed by atoms with E-state index in [-0.39, 0.29) is 18.3 Å². The maximum atomic E-state index is 14.2. The quantitative estimate of drug-likeness (QED) is 0.279. The van der Waals surface area contributed by atoms with Gasteiger partial charge < -0.3 is 19.1 Å². The Hall–Kier alpha value is -3.31. The van der Waals surface area contributed by atoms with Gasteiger partial charge in [-0.2, -0.15) is 4.37 Å². The molecule has 0 spiro atoms. The van der Waals surface area contributed by atoms with Gasteiger partial charge in [-0.05, 0) is 60.3 Å². The Kier molecular flexibility index (Phi) is 7.35. The van der Waals surface area contributed by atoms with Gasteiger partial charge >= 0.3 is 5.97 Å². The molecule has 11 heteroatoms. The van der Waals surface area contributed by atoms with Crippen LogP contribution in [0.15, 0.2) is 47.9 Å². The summed E-state index contributed by atoms with van der Waals surface area (Å²) >= 11 is 7.16. The number of hydrogen-bond donors (Lipinski definition) is 1. The molecule has 2 aliphatic rings. The zero-order chi connectivity index (χ0) is 26.9. The molecule has 0 aliphatic carbocycles. The maximum Gasteiger partial charge on any atom is 0.335 e. The third kappa shape index (κ3) is 5.56. The van der Waals surface area contributed by atoms with Crippen LogP contribution in [0.1, 0.15) is 40.2 Å². The predicted molar refractivity (Wildman–Crippen MR) is 147 cm³/mol. The number of halogens is 2. The number of aromatic carboxylic acids is 1. The Balaban J connectivity index is 1.16. The van der Waals surface area contributed by atoms with E-state index in [9.17, 15) is 14.3 Å². The number of rotatable bonds is 9. The van der Waals surface area contributed by atoms with E-state index in [1.165, 1.54) is 17.6 Å². The minimum Gasteiger partial charge on any atom is -0.478 e. The predicted octanol–water partition coefficient (Wildman–Crippen LogP) is 5.64. The van der Waals surface area contributed by atoms with E-state index in [0.29, 0.717) is 29.6 Å². The maximum absolute atomic E-state index is 14.2. The van der Waals surface area contributed by atoms with E-state index in [4.69, 9.17) is 26.1 Å². The van der Waals surface area contributed by atoms with Crippen molar-refractivity contribution in [1.29, 1.82) is 0 Å². The van der Waals surface area contributed by atoms with Crippen LogP contribution in [-0.2, 0) is 24.4 Å². The molecule has 1 N–H and O–H groups in total. The second-order valence-electron chi connectivity index (χ2n) is 9.70. The van der Waals surface area contributed by atoms with E-state index >= 15 is 0 Å². The summed E-state index contributed by atoms with van der Waals surface area (Å²) in [6.45, 7) is 3.65. The SMILES string of the molecule is O=C(O)c1ccc2nc(CN3CC=C(c4csnc4OCc4ccc(Cl)cc4F)CC3)n(C[C@@H]3CCO3)c2c1. The van der Waals surface area contributed by atoms with Gasteiger partial charge in [-0.15, -0.1) is 0 Å². The molecule has 8 nitrogen and oxygen atoms in total. The summed E-state index contributed by atoms with van der Waals surface area (Å²) in [5, 5.41) is 11.8. The third-order valence-corrected chi connectivity index (χ3v) is 8.02. The molecule has 202 valence electrons. The van der Waals surface area contributed by atoms with Gasteiger partial charge in [0, 0.05) is 35.7 Å². The summed E-state index contributed by atoms with van der Waals surface area (Å²) in [6, 6.07) is 9.60. The highest BCUT2D eigenvalue weighted by molar-refractivity contribution is 7.04. The van der Waals surface area contributed by atoms with Crippen molar-refractivity contribution >= 4 is 45.7 Å². The van der Waals surface area contributed by atoms with Crippen molar-refractivity contribution in [1.82, 2.24) is 18.8 Å². The normalized spacial score (nSPS) is 17.7. The topological polar surface area (TPSA) is 89.7 Å². The van der Waals surface area contributed by atoms with Gasteiger partial charge in [0.05, 0.1) is 41.4 Å². The van der Waals surface area contributed by atoms with Gasteiger partial charge in [0.15, 0.2) is 0 Å². The molecule has 6 rings (SSSR count). The summed E-state index contributed by atoms with van der Waals surface area (Å²) in [5.74, 6) is 0.0434. The number of fused-ring (bicyclic) bond motifs is 1. The van der Waals surface area contributed by atoms with Crippen LogP contribution in [-0.4, -0.2) is 55.7 Å². The Morgan fingerprint density at radius 1 is 1.28 bits per heavy atom. The van der Waals surface area contributed by atoms with E-state index < -0.39 is 11.8 Å². The molecular formula is C28H26ClFN4O4S. The van der Waals surface area contributed by atoms with Crippen molar-refractivity contribution in [3.8, 4) is 5.88 Å². The van der Waals surface area contributed by atoms with E-state index in [0.717, 1.165) is 60.5 Å². The van der Waals surface area contributed by atoms with Crippen LogP contribution in [0.2, 0.25) is 5.02 Å². The summed E-state index contributed by atoms with van der Waals surface area (Å²) in [4.78, 5) is 18.7. The Morgan fingerprint density at radius 3 is 2.87 bits per heavy atom. The lowest BCUT2D eigenvalue weighted by atomic mass is 10.0. The lowest BCUT2D eigenvalue weighted by Crippen LogP contribution is -2.33. The van der Waals surface area contributed by atoms with Crippen molar-refractivity contribution in [3.05, 3.63) is 81.2 Å². The number of aromatic nitrogens is 3. The molecule has 0 radical (unpaired) electrons. The van der Waals surface area contributed by atoms with Gasteiger partial charge in [-0.1, -0.05) is 23.7 Å². The molecule has 4 heterocycles. The highest BCUT2D eigenvalue weighted by atomic mass is 35.5. The van der Waals surface area contributed by atoms with E-state index in [1.54, 1.807) is 30.3 Å². The van der Waals surface area contributed by atoms with Gasteiger partial charge in [-0.25, -0.2) is 14.2 Å². The smallest absolute Gasteiger partial charge is 0.335 e. The molecule has 0 bridgehead atoms. The van der Waals surface area contributed by atoms with Crippen molar-refractivity contribution in [2.24, 2.45) is 0 Å². The first kappa shape index (κ1) is 25.9. The molecule has 0 amide bonds. The zero-order valence-corrected chi connectivity index (χ0v) is 22.6. The molecule has 1 fully saturated rings. The summed E-state index contributed by atoms with van der Waals surface area (Å²) in [7, 11) is 0. The van der Waals surface area contributed by atoms with Crippen LogP contribution >= 0.6 is 23.1 Å². The third-order valence-electron chi connectivity index (χ3n) is 7.17. The zero-order valence-electron chi connectivity index (χ0n) is 21.0. The average Bonchev–Trinajstić information content (AvgIpc) is 3.50. The highest BCUT2D eigenvalue weighted by Crippen LogP contribution is 2.32. The summed E-state index contributed by atoms with van der Waals surface area (Å²) in [5.41, 5.74) is 4.35. The fourth-order valence-electron chi connectivity index (χ4n) is 4.89. The molecule has 1 atom stereocenters. The Bertz CT molecular complexity index is 1560. The lowest BCUT2D eigenvalue weighted by Gasteiger charge is -2.29. The number of carbonyl (C=O) groups is 1. The monoisotopic (exact) mass is 568 g/mol. The summed E-state index contributed by atoms with van der Waals surface area (Å²) in [6.07, 6.45) is 4.08. The second kappa shape index (κ2) is 11.1. The van der Waals surface area contributed by atoms with Crippen molar-refractivity contribution in [2.75, 3.05) is 19.7 Å². The van der Waals surface area contributed by atoms with Gasteiger partial charge in [0.2, 0.25) is 5.88 Å². The lowest BCUT2D eigenvalue weighted by molar-refractivity contribution is -0.0591. The van der Waals surface area contributed by atoms with Crippen LogP contribution in [0.3, 0.4) is 0 Å². The minimum absolute atomic E-state index is 0.0731. The number of imidazole rings is 1. The molecule has 39 heavy (non-hydrogen) atoms. The van der Waals surface area contributed by atoms with Crippen LogP contribution in [0.5, 0.6) is 5.88 Å². The van der Waals surface area contributed by atoms with Gasteiger partial charge in [0.25, 0.3) is 0 Å². The van der Waals surface area contributed by atoms with Crippen LogP contribution < -0.4 is 4.74 Å². The van der Waals surface area contributed by atoms with Gasteiger partial charge in [0.1, 0.15) is 18.2 Å². The molecule has 1 saturated heterocycles. The minimum atomic E-state index is -0.954. The van der Waals surface area contributed by atoms with E-state index in [1.807, 2.05) is 5.38 Å². The van der Waals surface area contributed by atoms with Gasteiger partial charge in [-0.3, -0.25) is 4.90 Å². The molecule has 0 saturated carbocycles. The Labute approximate surface area is 233 Å². The molecule has 2 aromatic heterocycles. The fraction of sp³-hybridized carbons (Fsp3) is 0.321. The molecule has 0 unspecified atom stereocenters. The first-order chi connectivity index (χ1) is 18.9. The number of carboxylic acid groups (broad SMARTS) is 1. The first-order valence-corrected chi connectivity index (χ1v) is 13.9. The fourth-order valence-corrected chi connectivity index (χ4v) is 5.71. The van der Waals surface area contributed by atoms with Crippen molar-refractivity contribution in [2.45, 2.75) is 38.6 Å². The number of benzene rings is 2. The van der Waals surface area contributed by atoms with Crippen LogP contribution in [0, 0.1) is 5.82 Å². The Morgan fingerprint density at radius 2 is 2.15 bits per heavy atom. The van der Waals surface area contributed by atoms with Crippen molar-refractivity contribution in [3.63, 3.8) is 0 Å². The van der Waals surface area contributed by atoms with Crippen LogP contribution in [0.25, 0.3) is 16.6 Å². The first-order valence-electron chi connectivity index (χ1n) is 12.7. The molecular weight excluding hydrogens is 543 g/mol.